The summed E-state index contributed by atoms with van der Waals surface area (Å²) in [6.45, 7) is 0. The van der Waals surface area contributed by atoms with Crippen LogP contribution >= 0.6 is 0 Å². The molecule has 0 saturated heterocycles. The lowest BCUT2D eigenvalue weighted by Gasteiger charge is -2.34. The highest BCUT2D eigenvalue weighted by Crippen LogP contribution is 2.62. The molecule has 258 valence electrons. The van der Waals surface area contributed by atoms with Crippen LogP contribution in [-0.4, -0.2) is 9.97 Å². The summed E-state index contributed by atoms with van der Waals surface area (Å²) in [7, 11) is 0. The fraction of sp³-hybridized carbons (Fsp3) is 0.0196. The molecule has 0 fully saturated rings. The molecule has 1 aliphatic carbocycles. The summed E-state index contributed by atoms with van der Waals surface area (Å²) in [4.78, 5) is 10.5. The molecule has 2 heterocycles. The molecule has 0 saturated carbocycles. The van der Waals surface area contributed by atoms with Crippen molar-refractivity contribution < 1.29 is 9.47 Å². The van der Waals surface area contributed by atoms with E-state index < -0.39 is 5.41 Å². The van der Waals surface area contributed by atoms with Crippen LogP contribution < -0.4 is 9.47 Å². The zero-order valence-electron chi connectivity index (χ0n) is 29.7. The average Bonchev–Trinajstić information content (AvgIpc) is 3.57. The smallest absolute Gasteiger partial charge is 0.181 e. The zero-order chi connectivity index (χ0) is 36.3. The minimum Gasteiger partial charge on any atom is -0.449 e. The second-order valence-corrected chi connectivity index (χ2v) is 14.0. The van der Waals surface area contributed by atoms with Crippen molar-refractivity contribution in [3.63, 3.8) is 0 Å². The van der Waals surface area contributed by atoms with Gasteiger partial charge in [-0.2, -0.15) is 0 Å². The highest BCUT2D eigenvalue weighted by Gasteiger charge is 2.48. The van der Waals surface area contributed by atoms with E-state index >= 15 is 0 Å². The summed E-state index contributed by atoms with van der Waals surface area (Å²) in [6, 6.07) is 67.6. The Hall–Kier alpha value is -7.30. The Morgan fingerprint density at radius 1 is 0.400 bits per heavy atom. The number of aromatic nitrogens is 2. The topological polar surface area (TPSA) is 44.2 Å². The van der Waals surface area contributed by atoms with Gasteiger partial charge in [-0.25, -0.2) is 9.97 Å². The number of nitrogens with zero attached hydrogens (tertiary/aromatic N) is 2. The third-order valence-corrected chi connectivity index (χ3v) is 11.0. The molecular weight excluding hydrogens is 673 g/mol. The maximum absolute atomic E-state index is 7.18. The molecule has 0 spiro atoms. The van der Waals surface area contributed by atoms with Gasteiger partial charge in [0.1, 0.15) is 0 Å². The van der Waals surface area contributed by atoms with Gasteiger partial charge < -0.3 is 9.47 Å². The first-order valence-electron chi connectivity index (χ1n) is 18.6. The van der Waals surface area contributed by atoms with Crippen LogP contribution in [0.15, 0.2) is 194 Å². The minimum absolute atomic E-state index is 0.559. The first kappa shape index (κ1) is 31.2. The Balaban J connectivity index is 1.13. The third-order valence-electron chi connectivity index (χ3n) is 11.0. The predicted octanol–water partition coefficient (Wildman–Crippen LogP) is 12.9. The highest BCUT2D eigenvalue weighted by molar-refractivity contribution is 5.97. The van der Waals surface area contributed by atoms with E-state index in [-0.39, 0.29) is 0 Å². The first-order chi connectivity index (χ1) is 27.3. The van der Waals surface area contributed by atoms with Gasteiger partial charge in [-0.3, -0.25) is 0 Å². The van der Waals surface area contributed by atoms with E-state index in [1.807, 2.05) is 36.4 Å². The molecule has 11 rings (SSSR count). The first-order valence-corrected chi connectivity index (χ1v) is 18.6. The van der Waals surface area contributed by atoms with Crippen LogP contribution in [0.1, 0.15) is 22.3 Å². The molecule has 4 heteroatoms. The lowest BCUT2D eigenvalue weighted by atomic mass is 9.68. The van der Waals surface area contributed by atoms with Crippen molar-refractivity contribution in [2.24, 2.45) is 0 Å². The van der Waals surface area contributed by atoms with Gasteiger partial charge in [0, 0.05) is 16.7 Å². The van der Waals surface area contributed by atoms with Crippen molar-refractivity contribution in [3.05, 3.63) is 216 Å². The van der Waals surface area contributed by atoms with Gasteiger partial charge in [0.2, 0.25) is 0 Å². The zero-order valence-corrected chi connectivity index (χ0v) is 29.7. The fourth-order valence-corrected chi connectivity index (χ4v) is 8.67. The quantitative estimate of drug-likeness (QED) is 0.179. The second-order valence-electron chi connectivity index (χ2n) is 14.0. The maximum atomic E-state index is 7.18. The van der Waals surface area contributed by atoms with E-state index in [0.29, 0.717) is 28.8 Å². The molecular formula is C51H32N2O2. The molecule has 0 radical (unpaired) electrons. The molecule has 4 nitrogen and oxygen atoms in total. The normalized spacial score (nSPS) is 13.2. The molecule has 0 unspecified atom stereocenters. The summed E-state index contributed by atoms with van der Waals surface area (Å²) in [5.41, 5.74) is 10.8. The number of fused-ring (bicyclic) bond motifs is 7. The molecule has 0 N–H and O–H groups in total. The van der Waals surface area contributed by atoms with E-state index in [9.17, 15) is 0 Å². The summed E-state index contributed by atoms with van der Waals surface area (Å²) in [5, 5.41) is 2.29. The number of para-hydroxylation sites is 1. The molecule has 2 aliphatic rings. The van der Waals surface area contributed by atoms with E-state index in [4.69, 9.17) is 19.4 Å². The van der Waals surface area contributed by atoms with Gasteiger partial charge in [0.25, 0.3) is 0 Å². The number of benzene rings is 8. The largest absolute Gasteiger partial charge is 0.449 e. The Labute approximate surface area is 319 Å². The average molecular weight is 705 g/mol. The van der Waals surface area contributed by atoms with Crippen molar-refractivity contribution in [3.8, 4) is 68.0 Å². The third kappa shape index (κ3) is 4.78. The SMILES string of the molecule is c1ccc(-c2cc(-c3cccc4ccccc34)nc(-c3cccc4c3Oc3c(ccc5c3-c3ccccc3C5(c3ccccc3)c3ccccc3)O4)n2)cc1. The Bertz CT molecular complexity index is 2880. The molecule has 1 aromatic heterocycles. The van der Waals surface area contributed by atoms with Crippen molar-refractivity contribution in [1.29, 1.82) is 0 Å². The van der Waals surface area contributed by atoms with E-state index in [0.717, 1.165) is 55.5 Å². The summed E-state index contributed by atoms with van der Waals surface area (Å²) in [5.74, 6) is 3.13. The monoisotopic (exact) mass is 704 g/mol. The summed E-state index contributed by atoms with van der Waals surface area (Å²) < 4.78 is 14.0. The summed E-state index contributed by atoms with van der Waals surface area (Å²) in [6.07, 6.45) is 0. The van der Waals surface area contributed by atoms with Crippen molar-refractivity contribution in [1.82, 2.24) is 9.97 Å². The second kappa shape index (κ2) is 12.4. The van der Waals surface area contributed by atoms with Crippen molar-refractivity contribution >= 4 is 10.8 Å². The standard InChI is InChI=1S/C51H32N2O2/c1-4-17-34(18-5-1)43-32-44(38-26-14-19-33-16-10-11-24-37(33)38)53-50(52-43)40-27-15-29-45-48(40)55-49-46(54-45)31-30-42-47(49)39-25-12-13-28-41(39)51(42,35-20-6-2-7-21-35)36-22-8-3-9-23-36/h1-32H. The van der Waals surface area contributed by atoms with Gasteiger partial charge in [0.05, 0.1) is 22.4 Å². The van der Waals surface area contributed by atoms with Crippen molar-refractivity contribution in [2.45, 2.75) is 5.41 Å². The molecule has 8 aromatic carbocycles. The van der Waals surface area contributed by atoms with E-state index in [2.05, 4.69) is 158 Å². The van der Waals surface area contributed by atoms with Gasteiger partial charge in [-0.1, -0.05) is 170 Å². The van der Waals surface area contributed by atoms with E-state index in [1.54, 1.807) is 0 Å². The van der Waals surface area contributed by atoms with Gasteiger partial charge >= 0.3 is 0 Å². The summed E-state index contributed by atoms with van der Waals surface area (Å²) >= 11 is 0. The highest BCUT2D eigenvalue weighted by atomic mass is 16.6. The van der Waals surface area contributed by atoms with Gasteiger partial charge in [0.15, 0.2) is 28.8 Å². The molecule has 0 bridgehead atoms. The predicted molar refractivity (Wildman–Crippen MR) is 220 cm³/mol. The van der Waals surface area contributed by atoms with E-state index in [1.165, 1.54) is 16.7 Å². The van der Waals surface area contributed by atoms with Crippen LogP contribution in [0.2, 0.25) is 0 Å². The number of ether oxygens (including phenoxy) is 2. The number of hydrogen-bond donors (Lipinski definition) is 0. The molecule has 0 amide bonds. The van der Waals surface area contributed by atoms with Crippen LogP contribution in [0.25, 0.3) is 55.8 Å². The van der Waals surface area contributed by atoms with Gasteiger partial charge in [-0.05, 0) is 62.9 Å². The molecule has 55 heavy (non-hydrogen) atoms. The lowest BCUT2D eigenvalue weighted by Crippen LogP contribution is -2.28. The Morgan fingerprint density at radius 3 is 1.80 bits per heavy atom. The van der Waals surface area contributed by atoms with Crippen molar-refractivity contribution in [2.75, 3.05) is 0 Å². The lowest BCUT2D eigenvalue weighted by molar-refractivity contribution is 0.361. The fourth-order valence-electron chi connectivity index (χ4n) is 8.67. The minimum atomic E-state index is -0.562. The molecule has 0 atom stereocenters. The number of rotatable bonds is 5. The number of hydrogen-bond acceptors (Lipinski definition) is 4. The van der Waals surface area contributed by atoms with Crippen LogP contribution in [0.3, 0.4) is 0 Å². The maximum Gasteiger partial charge on any atom is 0.181 e. The Kier molecular flexibility index (Phi) is 7.04. The molecule has 1 aliphatic heterocycles. The van der Waals surface area contributed by atoms with Crippen LogP contribution in [0.4, 0.5) is 0 Å². The van der Waals surface area contributed by atoms with Gasteiger partial charge in [-0.15, -0.1) is 0 Å². The van der Waals surface area contributed by atoms with Crippen LogP contribution in [0, 0.1) is 0 Å². The Morgan fingerprint density at radius 2 is 1.00 bits per heavy atom. The van der Waals surface area contributed by atoms with Crippen LogP contribution in [-0.2, 0) is 5.41 Å². The molecule has 9 aromatic rings. The van der Waals surface area contributed by atoms with Crippen LogP contribution in [0.5, 0.6) is 23.0 Å².